The van der Waals surface area contributed by atoms with Crippen LogP contribution < -0.4 is 5.32 Å². The first-order valence-corrected chi connectivity index (χ1v) is 6.61. The number of para-hydroxylation sites is 2. The van der Waals surface area contributed by atoms with Crippen LogP contribution in [0.4, 0.5) is 10.1 Å². The number of halogens is 2. The summed E-state index contributed by atoms with van der Waals surface area (Å²) in [6, 6.07) is 12.0. The van der Waals surface area contributed by atoms with Crippen molar-refractivity contribution in [3.8, 4) is 5.69 Å². The molecule has 5 nitrogen and oxygen atoms in total. The molecule has 0 fully saturated rings. The topological polar surface area (TPSA) is 55.6 Å². The van der Waals surface area contributed by atoms with Crippen LogP contribution in [0.15, 0.2) is 48.8 Å². The van der Waals surface area contributed by atoms with Crippen LogP contribution in [0, 0.1) is 5.82 Å². The lowest BCUT2D eigenvalue weighted by molar-refractivity contribution is 0.626. The lowest BCUT2D eigenvalue weighted by Gasteiger charge is -2.11. The lowest BCUT2D eigenvalue weighted by atomic mass is 10.2. The number of nitrogens with one attached hydrogen (secondary N) is 1. The van der Waals surface area contributed by atoms with E-state index in [1.807, 2.05) is 24.3 Å². The van der Waals surface area contributed by atoms with E-state index >= 15 is 0 Å². The van der Waals surface area contributed by atoms with Crippen LogP contribution in [0.3, 0.4) is 0 Å². The van der Waals surface area contributed by atoms with Gasteiger partial charge in [0.25, 0.3) is 0 Å². The molecule has 106 valence electrons. The molecule has 0 amide bonds. The highest BCUT2D eigenvalue weighted by Crippen LogP contribution is 2.20. The Kier molecular flexibility index (Phi) is 3.79. The van der Waals surface area contributed by atoms with Gasteiger partial charge in [-0.05, 0) is 46.3 Å². The van der Waals surface area contributed by atoms with Crippen molar-refractivity contribution >= 4 is 17.3 Å². The van der Waals surface area contributed by atoms with Gasteiger partial charge in [0.2, 0.25) is 0 Å². The third-order valence-electron chi connectivity index (χ3n) is 2.91. The molecule has 0 aliphatic rings. The van der Waals surface area contributed by atoms with Crippen molar-refractivity contribution < 1.29 is 4.39 Å². The fourth-order valence-corrected chi connectivity index (χ4v) is 2.25. The van der Waals surface area contributed by atoms with Gasteiger partial charge in [-0.2, -0.15) is 4.68 Å². The third-order valence-corrected chi connectivity index (χ3v) is 3.12. The van der Waals surface area contributed by atoms with Gasteiger partial charge < -0.3 is 5.32 Å². The molecule has 1 aromatic heterocycles. The summed E-state index contributed by atoms with van der Waals surface area (Å²) < 4.78 is 14.9. The second kappa shape index (κ2) is 5.88. The lowest BCUT2D eigenvalue weighted by Crippen LogP contribution is -2.05. The fourth-order valence-electron chi connectivity index (χ4n) is 2.00. The van der Waals surface area contributed by atoms with Gasteiger partial charge in [-0.25, -0.2) is 4.39 Å². The number of aromatic nitrogens is 4. The Labute approximate surface area is 125 Å². The van der Waals surface area contributed by atoms with Crippen molar-refractivity contribution in [2.24, 2.45) is 0 Å². The standard InChI is InChI=1S/C14H11ClFN5/c15-11-5-10(6-12(16)7-11)8-17-13-3-1-2-4-14(13)21-9-18-19-20-21/h1-7,9,17H,8H2. The molecule has 3 aromatic rings. The zero-order valence-corrected chi connectivity index (χ0v) is 11.6. The van der Waals surface area contributed by atoms with E-state index in [2.05, 4.69) is 20.8 Å². The maximum Gasteiger partial charge on any atom is 0.143 e. The minimum absolute atomic E-state index is 0.354. The van der Waals surface area contributed by atoms with Crippen LogP contribution in [-0.4, -0.2) is 20.2 Å². The average molecular weight is 304 g/mol. The summed E-state index contributed by atoms with van der Waals surface area (Å²) in [6.07, 6.45) is 1.51. The SMILES string of the molecule is Fc1cc(Cl)cc(CNc2ccccc2-n2cnnn2)c1. The van der Waals surface area contributed by atoms with Crippen molar-refractivity contribution in [2.45, 2.75) is 6.54 Å². The molecule has 2 aromatic carbocycles. The van der Waals surface area contributed by atoms with Gasteiger partial charge in [-0.1, -0.05) is 23.7 Å². The van der Waals surface area contributed by atoms with E-state index in [0.717, 1.165) is 16.9 Å². The molecular formula is C14H11ClFN5. The summed E-state index contributed by atoms with van der Waals surface area (Å²) >= 11 is 5.85. The molecule has 0 saturated carbocycles. The summed E-state index contributed by atoms with van der Waals surface area (Å²) in [5, 5.41) is 14.7. The van der Waals surface area contributed by atoms with Crippen LogP contribution in [0.1, 0.15) is 5.56 Å². The molecule has 0 aliphatic carbocycles. The molecule has 1 N–H and O–H groups in total. The molecule has 0 atom stereocenters. The van der Waals surface area contributed by atoms with Crippen molar-refractivity contribution in [1.82, 2.24) is 20.2 Å². The Hall–Kier alpha value is -2.47. The summed E-state index contributed by atoms with van der Waals surface area (Å²) in [6.45, 7) is 0.441. The van der Waals surface area contributed by atoms with Crippen molar-refractivity contribution in [2.75, 3.05) is 5.32 Å². The van der Waals surface area contributed by atoms with Crippen molar-refractivity contribution in [1.29, 1.82) is 0 Å². The van der Waals surface area contributed by atoms with E-state index in [1.54, 1.807) is 10.7 Å². The monoisotopic (exact) mass is 303 g/mol. The quantitative estimate of drug-likeness (QED) is 0.805. The highest BCUT2D eigenvalue weighted by Gasteiger charge is 2.06. The largest absolute Gasteiger partial charge is 0.379 e. The van der Waals surface area contributed by atoms with Crippen LogP contribution >= 0.6 is 11.6 Å². The number of nitrogens with zero attached hydrogens (tertiary/aromatic N) is 4. The highest BCUT2D eigenvalue weighted by atomic mass is 35.5. The van der Waals surface area contributed by atoms with Gasteiger partial charge in [0.05, 0.1) is 11.4 Å². The van der Waals surface area contributed by atoms with Gasteiger partial charge in [0, 0.05) is 11.6 Å². The van der Waals surface area contributed by atoms with E-state index in [1.165, 1.54) is 18.5 Å². The maximum atomic E-state index is 13.3. The summed E-state index contributed by atoms with van der Waals surface area (Å²) in [5.74, 6) is -0.354. The minimum Gasteiger partial charge on any atom is -0.379 e. The van der Waals surface area contributed by atoms with E-state index in [0.29, 0.717) is 11.6 Å². The Morgan fingerprint density at radius 2 is 2.05 bits per heavy atom. The van der Waals surface area contributed by atoms with E-state index < -0.39 is 0 Å². The Morgan fingerprint density at radius 1 is 1.19 bits per heavy atom. The average Bonchev–Trinajstić information content (AvgIpc) is 2.98. The molecule has 21 heavy (non-hydrogen) atoms. The van der Waals surface area contributed by atoms with Gasteiger partial charge in [-0.15, -0.1) is 5.10 Å². The van der Waals surface area contributed by atoms with Crippen LogP contribution in [0.5, 0.6) is 0 Å². The summed E-state index contributed by atoms with van der Waals surface area (Å²) in [4.78, 5) is 0. The Bertz CT molecular complexity index is 725. The Morgan fingerprint density at radius 3 is 2.81 bits per heavy atom. The molecule has 0 unspecified atom stereocenters. The number of hydrogen-bond acceptors (Lipinski definition) is 4. The van der Waals surface area contributed by atoms with Gasteiger partial charge >= 0.3 is 0 Å². The van der Waals surface area contributed by atoms with Gasteiger partial charge in [0.1, 0.15) is 12.1 Å². The number of hydrogen-bond donors (Lipinski definition) is 1. The van der Waals surface area contributed by atoms with Crippen molar-refractivity contribution in [3.05, 3.63) is 65.2 Å². The number of tetrazole rings is 1. The van der Waals surface area contributed by atoms with Gasteiger partial charge in [0.15, 0.2) is 0 Å². The molecule has 0 spiro atoms. The smallest absolute Gasteiger partial charge is 0.143 e. The van der Waals surface area contributed by atoms with E-state index in [-0.39, 0.29) is 5.82 Å². The molecule has 1 heterocycles. The number of anilines is 1. The number of rotatable bonds is 4. The molecule has 0 radical (unpaired) electrons. The molecule has 7 heteroatoms. The second-order valence-electron chi connectivity index (χ2n) is 4.40. The Balaban J connectivity index is 1.82. The maximum absolute atomic E-state index is 13.3. The normalized spacial score (nSPS) is 10.6. The first kappa shape index (κ1) is 13.5. The zero-order chi connectivity index (χ0) is 14.7. The first-order valence-electron chi connectivity index (χ1n) is 6.23. The molecule has 0 saturated heterocycles. The summed E-state index contributed by atoms with van der Waals surface area (Å²) in [7, 11) is 0. The third kappa shape index (κ3) is 3.17. The first-order chi connectivity index (χ1) is 10.2. The summed E-state index contributed by atoms with van der Waals surface area (Å²) in [5.41, 5.74) is 2.40. The predicted molar refractivity (Wildman–Crippen MR) is 77.9 cm³/mol. The molecular weight excluding hydrogens is 293 g/mol. The van der Waals surface area contributed by atoms with E-state index in [4.69, 9.17) is 11.6 Å². The molecule has 0 aliphatic heterocycles. The minimum atomic E-state index is -0.354. The van der Waals surface area contributed by atoms with Crippen LogP contribution in [0.25, 0.3) is 5.69 Å². The van der Waals surface area contributed by atoms with Crippen LogP contribution in [0.2, 0.25) is 5.02 Å². The van der Waals surface area contributed by atoms with Crippen LogP contribution in [-0.2, 0) is 6.54 Å². The highest BCUT2D eigenvalue weighted by molar-refractivity contribution is 6.30. The van der Waals surface area contributed by atoms with E-state index in [9.17, 15) is 4.39 Å². The van der Waals surface area contributed by atoms with Gasteiger partial charge in [-0.3, -0.25) is 0 Å². The fraction of sp³-hybridized carbons (Fsp3) is 0.0714. The van der Waals surface area contributed by atoms with Crippen molar-refractivity contribution in [3.63, 3.8) is 0 Å². The molecule has 3 rings (SSSR count). The molecule has 0 bridgehead atoms. The number of benzene rings is 2. The second-order valence-corrected chi connectivity index (χ2v) is 4.84. The predicted octanol–water partition coefficient (Wildman–Crippen LogP) is 3.07. The zero-order valence-electron chi connectivity index (χ0n) is 10.9.